The summed E-state index contributed by atoms with van der Waals surface area (Å²) in [5, 5.41) is 9.18. The molecule has 1 aromatic rings. The number of aromatic nitrogens is 3. The van der Waals surface area contributed by atoms with Crippen molar-refractivity contribution >= 4 is 11.9 Å². The molecular weight excluding hydrogens is 208 g/mol. The van der Waals surface area contributed by atoms with Crippen LogP contribution in [0.25, 0.3) is 0 Å². The molecule has 7 heteroatoms. The van der Waals surface area contributed by atoms with Crippen molar-refractivity contribution in [3.8, 4) is 0 Å². The van der Waals surface area contributed by atoms with Gasteiger partial charge in [-0.1, -0.05) is 0 Å². The van der Waals surface area contributed by atoms with Gasteiger partial charge >= 0.3 is 0 Å². The van der Waals surface area contributed by atoms with Gasteiger partial charge < -0.3 is 16.6 Å². The highest BCUT2D eigenvalue weighted by molar-refractivity contribution is 5.25. The highest BCUT2D eigenvalue weighted by atomic mass is 16.3. The minimum atomic E-state index is 0.141. The van der Waals surface area contributed by atoms with E-state index >= 15 is 0 Å². The third-order valence-corrected chi connectivity index (χ3v) is 2.77. The lowest BCUT2D eigenvalue weighted by molar-refractivity contribution is 0.151. The summed E-state index contributed by atoms with van der Waals surface area (Å²) >= 11 is 0. The number of likely N-dealkylation sites (tertiary alicyclic amines) is 1. The van der Waals surface area contributed by atoms with Gasteiger partial charge in [0.1, 0.15) is 5.82 Å². The van der Waals surface area contributed by atoms with Gasteiger partial charge in [-0.25, -0.2) is 0 Å². The molecule has 0 aromatic carbocycles. The molecule has 88 valence electrons. The van der Waals surface area contributed by atoms with Crippen molar-refractivity contribution in [2.24, 2.45) is 0 Å². The maximum absolute atomic E-state index is 9.18. The van der Waals surface area contributed by atoms with E-state index in [1.165, 1.54) is 0 Å². The first-order chi connectivity index (χ1) is 7.69. The standard InChI is InChI=1S/C9H16N6O/c10-8-12-7(13-9(11)14-8)4-15-3-1-2-6(15)5-16/h6,16H,1-5H2,(H4,10,11,12,13,14)/t6-/m0/s1. The summed E-state index contributed by atoms with van der Waals surface area (Å²) in [5.74, 6) is 0.842. The Bertz CT molecular complexity index is 351. The molecule has 7 nitrogen and oxygen atoms in total. The Morgan fingerprint density at radius 1 is 1.25 bits per heavy atom. The first kappa shape index (κ1) is 11.0. The van der Waals surface area contributed by atoms with Gasteiger partial charge in [0, 0.05) is 6.04 Å². The molecule has 1 saturated heterocycles. The molecule has 0 bridgehead atoms. The van der Waals surface area contributed by atoms with Gasteiger partial charge in [-0.2, -0.15) is 15.0 Å². The number of hydrogen-bond donors (Lipinski definition) is 3. The third-order valence-electron chi connectivity index (χ3n) is 2.77. The molecule has 0 amide bonds. The SMILES string of the molecule is Nc1nc(N)nc(CN2CCC[C@H]2CO)n1. The predicted octanol–water partition coefficient (Wildman–Crippen LogP) is -1.01. The van der Waals surface area contributed by atoms with Crippen LogP contribution < -0.4 is 11.5 Å². The van der Waals surface area contributed by atoms with Crippen molar-refractivity contribution in [1.29, 1.82) is 0 Å². The summed E-state index contributed by atoms with van der Waals surface area (Å²) in [5.41, 5.74) is 11.0. The van der Waals surface area contributed by atoms with Crippen LogP contribution in [0.15, 0.2) is 0 Å². The normalized spacial score (nSPS) is 21.4. The topological polar surface area (TPSA) is 114 Å². The summed E-state index contributed by atoms with van der Waals surface area (Å²) < 4.78 is 0. The monoisotopic (exact) mass is 224 g/mol. The maximum atomic E-state index is 9.18. The number of hydrogen-bond acceptors (Lipinski definition) is 7. The number of aliphatic hydroxyl groups is 1. The summed E-state index contributed by atoms with van der Waals surface area (Å²) in [6.07, 6.45) is 2.09. The molecule has 0 unspecified atom stereocenters. The van der Waals surface area contributed by atoms with E-state index in [0.717, 1.165) is 19.4 Å². The highest BCUT2D eigenvalue weighted by Crippen LogP contribution is 2.18. The Hall–Kier alpha value is -1.47. The quantitative estimate of drug-likeness (QED) is 0.602. The van der Waals surface area contributed by atoms with Crippen LogP contribution in [0.2, 0.25) is 0 Å². The molecule has 1 aromatic heterocycles. The number of anilines is 2. The smallest absolute Gasteiger partial charge is 0.225 e. The fourth-order valence-electron chi connectivity index (χ4n) is 2.02. The lowest BCUT2D eigenvalue weighted by Crippen LogP contribution is -2.32. The molecule has 5 N–H and O–H groups in total. The lowest BCUT2D eigenvalue weighted by atomic mass is 10.2. The zero-order chi connectivity index (χ0) is 11.5. The number of rotatable bonds is 3. The third kappa shape index (κ3) is 2.37. The molecule has 1 aliphatic heterocycles. The van der Waals surface area contributed by atoms with E-state index in [2.05, 4.69) is 19.9 Å². The Kier molecular flexibility index (Phi) is 3.16. The summed E-state index contributed by atoms with van der Waals surface area (Å²) in [4.78, 5) is 13.9. The Labute approximate surface area is 93.5 Å². The average Bonchev–Trinajstić information content (AvgIpc) is 2.63. The molecule has 16 heavy (non-hydrogen) atoms. The maximum Gasteiger partial charge on any atom is 0.225 e. The summed E-state index contributed by atoms with van der Waals surface area (Å²) in [7, 11) is 0. The molecule has 1 aliphatic rings. The van der Waals surface area contributed by atoms with Gasteiger partial charge in [-0.15, -0.1) is 0 Å². The van der Waals surface area contributed by atoms with Crippen molar-refractivity contribution in [3.05, 3.63) is 5.82 Å². The number of nitrogens with two attached hydrogens (primary N) is 2. The van der Waals surface area contributed by atoms with Gasteiger partial charge in [0.15, 0.2) is 0 Å². The first-order valence-corrected chi connectivity index (χ1v) is 5.30. The second kappa shape index (κ2) is 4.58. The van der Waals surface area contributed by atoms with E-state index in [4.69, 9.17) is 11.5 Å². The average molecular weight is 224 g/mol. The zero-order valence-corrected chi connectivity index (χ0v) is 9.00. The number of nitrogen functional groups attached to an aromatic ring is 2. The molecule has 1 atom stereocenters. The van der Waals surface area contributed by atoms with Crippen molar-refractivity contribution in [2.45, 2.75) is 25.4 Å². The molecule has 2 rings (SSSR count). The molecule has 2 heterocycles. The van der Waals surface area contributed by atoms with Crippen LogP contribution in [0.4, 0.5) is 11.9 Å². The fourth-order valence-corrected chi connectivity index (χ4v) is 2.02. The molecule has 0 spiro atoms. The first-order valence-electron chi connectivity index (χ1n) is 5.30. The summed E-state index contributed by atoms with van der Waals surface area (Å²) in [6, 6.07) is 0.194. The van der Waals surface area contributed by atoms with Crippen LogP contribution in [-0.4, -0.2) is 44.2 Å². The van der Waals surface area contributed by atoms with Gasteiger partial charge in [0.25, 0.3) is 0 Å². The Balaban J connectivity index is 2.08. The number of aliphatic hydroxyl groups excluding tert-OH is 1. The van der Waals surface area contributed by atoms with Crippen molar-refractivity contribution in [3.63, 3.8) is 0 Å². The second-order valence-corrected chi connectivity index (χ2v) is 3.92. The molecule has 0 radical (unpaired) electrons. The predicted molar refractivity (Wildman–Crippen MR) is 59.2 cm³/mol. The van der Waals surface area contributed by atoms with Gasteiger partial charge in [0.05, 0.1) is 13.2 Å². The minimum Gasteiger partial charge on any atom is -0.395 e. The van der Waals surface area contributed by atoms with E-state index in [0.29, 0.717) is 12.4 Å². The molecular formula is C9H16N6O. The van der Waals surface area contributed by atoms with Gasteiger partial charge in [-0.05, 0) is 19.4 Å². The van der Waals surface area contributed by atoms with Crippen molar-refractivity contribution in [2.75, 3.05) is 24.6 Å². The largest absolute Gasteiger partial charge is 0.395 e. The van der Waals surface area contributed by atoms with Crippen molar-refractivity contribution < 1.29 is 5.11 Å². The van der Waals surface area contributed by atoms with E-state index in [1.54, 1.807) is 0 Å². The number of nitrogens with zero attached hydrogens (tertiary/aromatic N) is 4. The zero-order valence-electron chi connectivity index (χ0n) is 9.00. The fraction of sp³-hybridized carbons (Fsp3) is 0.667. The van der Waals surface area contributed by atoms with Crippen LogP contribution in [-0.2, 0) is 6.54 Å². The van der Waals surface area contributed by atoms with E-state index < -0.39 is 0 Å². The van der Waals surface area contributed by atoms with Crippen LogP contribution in [0.1, 0.15) is 18.7 Å². The van der Waals surface area contributed by atoms with Crippen LogP contribution >= 0.6 is 0 Å². The van der Waals surface area contributed by atoms with Crippen LogP contribution in [0.5, 0.6) is 0 Å². The molecule has 0 aliphatic carbocycles. The van der Waals surface area contributed by atoms with Crippen molar-refractivity contribution in [1.82, 2.24) is 19.9 Å². The van der Waals surface area contributed by atoms with Gasteiger partial charge in [0.2, 0.25) is 11.9 Å². The van der Waals surface area contributed by atoms with Gasteiger partial charge in [-0.3, -0.25) is 4.90 Å². The van der Waals surface area contributed by atoms with E-state index in [-0.39, 0.29) is 24.5 Å². The highest BCUT2D eigenvalue weighted by Gasteiger charge is 2.24. The second-order valence-electron chi connectivity index (χ2n) is 3.92. The van der Waals surface area contributed by atoms with E-state index in [1.807, 2.05) is 0 Å². The summed E-state index contributed by atoms with van der Waals surface area (Å²) in [6.45, 7) is 1.66. The molecule has 1 fully saturated rings. The van der Waals surface area contributed by atoms with Crippen LogP contribution in [0.3, 0.4) is 0 Å². The lowest BCUT2D eigenvalue weighted by Gasteiger charge is -2.21. The molecule has 0 saturated carbocycles. The van der Waals surface area contributed by atoms with E-state index in [9.17, 15) is 5.11 Å². The van der Waals surface area contributed by atoms with Crippen LogP contribution in [0, 0.1) is 0 Å². The Morgan fingerprint density at radius 2 is 1.94 bits per heavy atom. The minimum absolute atomic E-state index is 0.141. The Morgan fingerprint density at radius 3 is 2.56 bits per heavy atom.